The molecule has 0 aliphatic carbocycles. The molecule has 4 nitrogen and oxygen atoms in total. The molecule has 2 amide bonds. The molecule has 1 aromatic rings. The number of rotatable bonds is 1. The van der Waals surface area contributed by atoms with E-state index >= 15 is 0 Å². The Labute approximate surface area is 84.2 Å². The molecule has 6 heteroatoms. The number of carbonyl (C=O) groups is 1. The van der Waals surface area contributed by atoms with E-state index in [-0.39, 0.29) is 21.5 Å². The Hall–Kier alpha value is -1.13. The lowest BCUT2D eigenvalue weighted by atomic mass is 10.3. The van der Waals surface area contributed by atoms with E-state index in [0.29, 0.717) is 0 Å². The van der Waals surface area contributed by atoms with Gasteiger partial charge >= 0.3 is 6.03 Å². The first-order valence-corrected chi connectivity index (χ1v) is 4.01. The molecule has 13 heavy (non-hydrogen) atoms. The van der Waals surface area contributed by atoms with Crippen molar-refractivity contribution in [3.63, 3.8) is 0 Å². The van der Waals surface area contributed by atoms with Crippen LogP contribution in [-0.2, 0) is 0 Å². The van der Waals surface area contributed by atoms with E-state index in [1.807, 2.05) is 0 Å². The minimum Gasteiger partial charge on any atom is -0.504 e. The molecule has 0 spiro atoms. The van der Waals surface area contributed by atoms with Crippen LogP contribution < -0.4 is 11.1 Å². The highest BCUT2D eigenvalue weighted by Crippen LogP contribution is 2.36. The lowest BCUT2D eigenvalue weighted by molar-refractivity contribution is 0.259. The molecule has 0 unspecified atom stereocenters. The number of nitrogens with one attached hydrogen (secondary N) is 1. The van der Waals surface area contributed by atoms with Crippen molar-refractivity contribution in [3.8, 4) is 5.75 Å². The fourth-order valence-electron chi connectivity index (χ4n) is 0.774. The van der Waals surface area contributed by atoms with Crippen molar-refractivity contribution in [1.82, 2.24) is 0 Å². The molecule has 0 aliphatic rings. The molecular formula is C7H6Cl2N2O2. The monoisotopic (exact) mass is 220 g/mol. The maximum atomic E-state index is 10.4. The molecule has 70 valence electrons. The number of hydrogen-bond donors (Lipinski definition) is 3. The number of benzene rings is 1. The number of halogens is 2. The highest BCUT2D eigenvalue weighted by Gasteiger charge is 2.09. The van der Waals surface area contributed by atoms with Crippen LogP contribution in [0.5, 0.6) is 5.75 Å². The van der Waals surface area contributed by atoms with E-state index in [0.717, 1.165) is 0 Å². The van der Waals surface area contributed by atoms with Gasteiger partial charge in [0.15, 0.2) is 5.75 Å². The van der Waals surface area contributed by atoms with Gasteiger partial charge in [-0.15, -0.1) is 0 Å². The zero-order valence-corrected chi connectivity index (χ0v) is 7.86. The van der Waals surface area contributed by atoms with Crippen molar-refractivity contribution < 1.29 is 9.90 Å². The van der Waals surface area contributed by atoms with Gasteiger partial charge in [-0.1, -0.05) is 23.2 Å². The van der Waals surface area contributed by atoms with E-state index in [1.54, 1.807) is 0 Å². The Kier molecular flexibility index (Phi) is 2.85. The second-order valence-corrected chi connectivity index (χ2v) is 3.03. The highest BCUT2D eigenvalue weighted by atomic mass is 35.5. The number of amides is 2. The van der Waals surface area contributed by atoms with Crippen molar-refractivity contribution in [2.75, 3.05) is 5.32 Å². The maximum Gasteiger partial charge on any atom is 0.316 e. The normalized spacial score (nSPS) is 9.69. The molecular weight excluding hydrogens is 215 g/mol. The van der Waals surface area contributed by atoms with Gasteiger partial charge in [-0.3, -0.25) is 0 Å². The van der Waals surface area contributed by atoms with Gasteiger partial charge in [0.2, 0.25) is 0 Å². The molecule has 0 heterocycles. The largest absolute Gasteiger partial charge is 0.504 e. The van der Waals surface area contributed by atoms with Gasteiger partial charge < -0.3 is 16.2 Å². The average Bonchev–Trinajstić information content (AvgIpc) is 2.06. The van der Waals surface area contributed by atoms with E-state index in [1.165, 1.54) is 12.1 Å². The third-order valence-electron chi connectivity index (χ3n) is 1.33. The van der Waals surface area contributed by atoms with Crippen molar-refractivity contribution in [3.05, 3.63) is 22.2 Å². The quantitative estimate of drug-likeness (QED) is 0.635. The van der Waals surface area contributed by atoms with Gasteiger partial charge in [0.1, 0.15) is 5.02 Å². The standard InChI is InChI=1S/C7H6Cl2N2O2/c8-3-1-2-4(11-7(10)13)6(12)5(3)9/h1-2,12H,(H3,10,11,13). The molecule has 4 N–H and O–H groups in total. The number of hydrogen-bond acceptors (Lipinski definition) is 2. The fourth-order valence-corrected chi connectivity index (χ4v) is 1.09. The van der Waals surface area contributed by atoms with E-state index in [4.69, 9.17) is 28.9 Å². The predicted octanol–water partition coefficient (Wildman–Crippen LogP) is 2.19. The molecule has 0 fully saturated rings. The van der Waals surface area contributed by atoms with Crippen molar-refractivity contribution >= 4 is 34.9 Å². The number of nitrogens with two attached hydrogens (primary N) is 1. The van der Waals surface area contributed by atoms with Crippen LogP contribution in [-0.4, -0.2) is 11.1 Å². The van der Waals surface area contributed by atoms with Gasteiger partial charge in [-0.05, 0) is 12.1 Å². The lowest BCUT2D eigenvalue weighted by Crippen LogP contribution is -2.19. The molecule has 0 saturated heterocycles. The second kappa shape index (κ2) is 3.72. The van der Waals surface area contributed by atoms with Gasteiger partial charge in [-0.2, -0.15) is 0 Å². The Balaban J connectivity index is 3.10. The minimum atomic E-state index is -0.784. The molecule has 0 aromatic heterocycles. The molecule has 1 aromatic carbocycles. The summed E-state index contributed by atoms with van der Waals surface area (Å²) >= 11 is 11.2. The number of phenolic OH excluding ortho intramolecular Hbond substituents is 1. The van der Waals surface area contributed by atoms with Crippen LogP contribution in [0, 0.1) is 0 Å². The smallest absolute Gasteiger partial charge is 0.316 e. The Morgan fingerprint density at radius 2 is 2.08 bits per heavy atom. The first kappa shape index (κ1) is 9.95. The molecule has 0 bridgehead atoms. The summed E-state index contributed by atoms with van der Waals surface area (Å²) in [6, 6.07) is 2.05. The Bertz CT molecular complexity index is 355. The minimum absolute atomic E-state index is 0.0204. The first-order chi connectivity index (χ1) is 6.02. The van der Waals surface area contributed by atoms with Crippen LogP contribution in [0.3, 0.4) is 0 Å². The lowest BCUT2D eigenvalue weighted by Gasteiger charge is -2.06. The first-order valence-electron chi connectivity index (χ1n) is 3.26. The van der Waals surface area contributed by atoms with E-state index in [2.05, 4.69) is 5.32 Å². The zero-order chi connectivity index (χ0) is 10.0. The summed E-state index contributed by atoms with van der Waals surface area (Å²) in [7, 11) is 0. The number of primary amides is 1. The number of urea groups is 1. The SMILES string of the molecule is NC(=O)Nc1ccc(Cl)c(Cl)c1O. The summed E-state index contributed by atoms with van der Waals surface area (Å²) in [5, 5.41) is 11.7. The van der Waals surface area contributed by atoms with Crippen LogP contribution in [0.15, 0.2) is 12.1 Å². The summed E-state index contributed by atoms with van der Waals surface area (Å²) < 4.78 is 0. The summed E-state index contributed by atoms with van der Waals surface area (Å²) in [5.41, 5.74) is 4.97. The predicted molar refractivity (Wildman–Crippen MR) is 51.3 cm³/mol. The molecule has 1 rings (SSSR count). The van der Waals surface area contributed by atoms with Crippen LogP contribution in [0.2, 0.25) is 10.0 Å². The number of anilines is 1. The Morgan fingerprint density at radius 1 is 1.46 bits per heavy atom. The summed E-state index contributed by atoms with van der Waals surface area (Å²) in [5.74, 6) is -0.298. The number of carbonyl (C=O) groups excluding carboxylic acids is 1. The van der Waals surface area contributed by atoms with Crippen molar-refractivity contribution in [2.45, 2.75) is 0 Å². The van der Waals surface area contributed by atoms with Crippen LogP contribution in [0.25, 0.3) is 0 Å². The maximum absolute atomic E-state index is 10.4. The topological polar surface area (TPSA) is 75.4 Å². The Morgan fingerprint density at radius 3 is 2.62 bits per heavy atom. The third-order valence-corrected chi connectivity index (χ3v) is 2.12. The van der Waals surface area contributed by atoms with Crippen LogP contribution in [0.1, 0.15) is 0 Å². The van der Waals surface area contributed by atoms with Gasteiger partial charge in [0.25, 0.3) is 0 Å². The van der Waals surface area contributed by atoms with Gasteiger partial charge in [-0.25, -0.2) is 4.79 Å². The van der Waals surface area contributed by atoms with Crippen LogP contribution >= 0.6 is 23.2 Å². The fraction of sp³-hybridized carbons (Fsp3) is 0. The number of phenols is 1. The highest BCUT2D eigenvalue weighted by molar-refractivity contribution is 6.43. The zero-order valence-electron chi connectivity index (χ0n) is 6.34. The van der Waals surface area contributed by atoms with Crippen LogP contribution in [0.4, 0.5) is 10.5 Å². The summed E-state index contributed by atoms with van der Waals surface area (Å²) in [6.45, 7) is 0. The van der Waals surface area contributed by atoms with Gasteiger partial charge in [0.05, 0.1) is 10.7 Å². The summed E-state index contributed by atoms with van der Waals surface area (Å²) in [4.78, 5) is 10.4. The molecule has 0 aliphatic heterocycles. The van der Waals surface area contributed by atoms with E-state index < -0.39 is 6.03 Å². The average molecular weight is 221 g/mol. The van der Waals surface area contributed by atoms with Crippen molar-refractivity contribution in [1.29, 1.82) is 0 Å². The van der Waals surface area contributed by atoms with E-state index in [9.17, 15) is 9.90 Å². The molecule has 0 saturated carbocycles. The molecule has 0 radical (unpaired) electrons. The second-order valence-electron chi connectivity index (χ2n) is 2.25. The van der Waals surface area contributed by atoms with Crippen molar-refractivity contribution in [2.24, 2.45) is 5.73 Å². The third kappa shape index (κ3) is 2.17. The number of aromatic hydroxyl groups is 1. The van der Waals surface area contributed by atoms with Gasteiger partial charge in [0, 0.05) is 0 Å². The summed E-state index contributed by atoms with van der Waals surface area (Å²) in [6.07, 6.45) is 0. The molecule has 0 atom stereocenters.